The van der Waals surface area contributed by atoms with E-state index < -0.39 is 0 Å². The number of fused-ring (bicyclic) bond motifs is 1. The van der Waals surface area contributed by atoms with Crippen LogP contribution in [0.4, 0.5) is 0 Å². The Morgan fingerprint density at radius 3 is 2.80 bits per heavy atom. The maximum absolute atomic E-state index is 13.0. The van der Waals surface area contributed by atoms with Gasteiger partial charge in [0, 0.05) is 25.0 Å². The van der Waals surface area contributed by atoms with Gasteiger partial charge in [0.1, 0.15) is 11.3 Å². The number of piperidine rings is 1. The number of hydrogen-bond donors (Lipinski definition) is 1. The van der Waals surface area contributed by atoms with Gasteiger partial charge in [-0.1, -0.05) is 0 Å². The maximum Gasteiger partial charge on any atom is 0.257 e. The van der Waals surface area contributed by atoms with Gasteiger partial charge >= 0.3 is 0 Å². The molecule has 0 atom stereocenters. The monoisotopic (exact) mass is 339 g/mol. The summed E-state index contributed by atoms with van der Waals surface area (Å²) in [5.41, 5.74) is 3.71. The normalized spacial score (nSPS) is 15.7. The van der Waals surface area contributed by atoms with Crippen LogP contribution in [-0.2, 0) is 0 Å². The Bertz CT molecular complexity index is 905. The summed E-state index contributed by atoms with van der Waals surface area (Å²) in [6.45, 7) is 3.52. The van der Waals surface area contributed by atoms with Crippen molar-refractivity contribution in [2.75, 3.05) is 20.2 Å². The lowest BCUT2D eigenvalue weighted by Crippen LogP contribution is -2.38. The van der Waals surface area contributed by atoms with Gasteiger partial charge in [-0.3, -0.25) is 9.89 Å². The number of rotatable bonds is 3. The largest absolute Gasteiger partial charge is 0.494 e. The van der Waals surface area contributed by atoms with Crippen LogP contribution in [0.25, 0.3) is 5.52 Å². The van der Waals surface area contributed by atoms with E-state index in [0.717, 1.165) is 37.1 Å². The summed E-state index contributed by atoms with van der Waals surface area (Å²) in [7, 11) is 1.61. The van der Waals surface area contributed by atoms with Gasteiger partial charge in [0.2, 0.25) is 0 Å². The molecular weight excluding hydrogens is 318 g/mol. The van der Waals surface area contributed by atoms with E-state index in [-0.39, 0.29) is 5.91 Å². The zero-order chi connectivity index (χ0) is 17.4. The number of aromatic amines is 1. The number of aromatic nitrogens is 4. The molecule has 7 nitrogen and oxygen atoms in total. The molecule has 0 unspecified atom stereocenters. The van der Waals surface area contributed by atoms with Crippen molar-refractivity contribution < 1.29 is 9.53 Å². The van der Waals surface area contributed by atoms with Gasteiger partial charge in [-0.15, -0.1) is 0 Å². The van der Waals surface area contributed by atoms with Crippen LogP contribution in [0.1, 0.15) is 40.4 Å². The van der Waals surface area contributed by atoms with Crippen LogP contribution < -0.4 is 4.74 Å². The fourth-order valence-corrected chi connectivity index (χ4v) is 3.67. The number of amides is 1. The summed E-state index contributed by atoms with van der Waals surface area (Å²) in [4.78, 5) is 14.9. The molecule has 25 heavy (non-hydrogen) atoms. The first-order valence-electron chi connectivity index (χ1n) is 8.48. The average Bonchev–Trinajstić information content (AvgIpc) is 3.27. The van der Waals surface area contributed by atoms with Gasteiger partial charge < -0.3 is 9.64 Å². The SMILES string of the molecule is COc1cccn2ncc(C(=O)N3CCC(c4cn[nH]c4C)CC3)c12. The molecule has 3 aromatic heterocycles. The topological polar surface area (TPSA) is 75.5 Å². The van der Waals surface area contributed by atoms with Crippen molar-refractivity contribution in [2.45, 2.75) is 25.7 Å². The standard InChI is InChI=1S/C18H21N5O2/c1-12-14(10-19-21-12)13-5-8-22(9-6-13)18(24)15-11-20-23-7-3-4-16(25-2)17(15)23/h3-4,7,10-11,13H,5-6,8-9H2,1-2H3,(H,19,21). The fourth-order valence-electron chi connectivity index (χ4n) is 3.67. The summed E-state index contributed by atoms with van der Waals surface area (Å²) < 4.78 is 7.09. The molecule has 0 aliphatic carbocycles. The van der Waals surface area contributed by atoms with E-state index in [2.05, 4.69) is 15.3 Å². The summed E-state index contributed by atoms with van der Waals surface area (Å²) in [6, 6.07) is 3.70. The highest BCUT2D eigenvalue weighted by Crippen LogP contribution is 2.31. The summed E-state index contributed by atoms with van der Waals surface area (Å²) >= 11 is 0. The molecule has 1 aliphatic heterocycles. The molecule has 1 N–H and O–H groups in total. The number of methoxy groups -OCH3 is 1. The Balaban J connectivity index is 1.54. The molecule has 0 spiro atoms. The first kappa shape index (κ1) is 15.7. The molecule has 1 saturated heterocycles. The highest BCUT2D eigenvalue weighted by atomic mass is 16.5. The van der Waals surface area contributed by atoms with Crippen LogP contribution >= 0.6 is 0 Å². The smallest absolute Gasteiger partial charge is 0.257 e. The van der Waals surface area contributed by atoms with E-state index in [1.54, 1.807) is 17.8 Å². The molecule has 3 aromatic rings. The number of nitrogens with one attached hydrogen (secondary N) is 1. The van der Waals surface area contributed by atoms with E-state index >= 15 is 0 Å². The number of hydrogen-bond acceptors (Lipinski definition) is 4. The van der Waals surface area contributed by atoms with Crippen LogP contribution in [0.5, 0.6) is 5.75 Å². The minimum Gasteiger partial charge on any atom is -0.494 e. The lowest BCUT2D eigenvalue weighted by molar-refractivity contribution is 0.0714. The third-order valence-electron chi connectivity index (χ3n) is 5.04. The molecule has 1 aliphatic rings. The Morgan fingerprint density at radius 2 is 2.12 bits per heavy atom. The van der Waals surface area contributed by atoms with Crippen molar-refractivity contribution in [1.82, 2.24) is 24.7 Å². The number of carbonyl (C=O) groups is 1. The lowest BCUT2D eigenvalue weighted by Gasteiger charge is -2.31. The second-order valence-corrected chi connectivity index (χ2v) is 6.44. The number of H-pyrrole nitrogens is 1. The Hall–Kier alpha value is -2.83. The second kappa shape index (κ2) is 6.23. The summed E-state index contributed by atoms with van der Waals surface area (Å²) in [6.07, 6.45) is 7.26. The van der Waals surface area contributed by atoms with Gasteiger partial charge in [0.05, 0.1) is 25.1 Å². The number of nitrogens with zero attached hydrogens (tertiary/aromatic N) is 4. The highest BCUT2D eigenvalue weighted by molar-refractivity contribution is 6.02. The molecule has 7 heteroatoms. The molecule has 0 saturated carbocycles. The predicted octanol–water partition coefficient (Wildman–Crippen LogP) is 2.39. The Kier molecular flexibility index (Phi) is 3.91. The number of ether oxygens (including phenoxy) is 1. The molecule has 4 heterocycles. The minimum absolute atomic E-state index is 0.0156. The first-order chi connectivity index (χ1) is 12.2. The van der Waals surface area contributed by atoms with Crippen LogP contribution in [0, 0.1) is 6.92 Å². The average molecular weight is 339 g/mol. The van der Waals surface area contributed by atoms with Crippen molar-refractivity contribution >= 4 is 11.4 Å². The van der Waals surface area contributed by atoms with Crippen LogP contribution in [0.15, 0.2) is 30.7 Å². The third kappa shape index (κ3) is 2.65. The number of pyridine rings is 1. The van der Waals surface area contributed by atoms with E-state index in [1.165, 1.54) is 5.56 Å². The van der Waals surface area contributed by atoms with Gasteiger partial charge in [-0.05, 0) is 43.4 Å². The van der Waals surface area contributed by atoms with Gasteiger partial charge in [0.25, 0.3) is 5.91 Å². The van der Waals surface area contributed by atoms with Crippen molar-refractivity contribution in [3.63, 3.8) is 0 Å². The number of likely N-dealkylation sites (tertiary alicyclic amines) is 1. The highest BCUT2D eigenvalue weighted by Gasteiger charge is 2.28. The molecule has 130 valence electrons. The van der Waals surface area contributed by atoms with Crippen molar-refractivity contribution in [3.05, 3.63) is 47.5 Å². The van der Waals surface area contributed by atoms with Gasteiger partial charge in [-0.2, -0.15) is 10.2 Å². The summed E-state index contributed by atoms with van der Waals surface area (Å²) in [5, 5.41) is 11.4. The molecule has 1 amide bonds. The molecule has 0 radical (unpaired) electrons. The number of aryl methyl sites for hydroxylation is 1. The van der Waals surface area contributed by atoms with Crippen molar-refractivity contribution in [2.24, 2.45) is 0 Å². The van der Waals surface area contributed by atoms with E-state index in [4.69, 9.17) is 4.74 Å². The maximum atomic E-state index is 13.0. The van der Waals surface area contributed by atoms with Gasteiger partial charge in [0.15, 0.2) is 0 Å². The van der Waals surface area contributed by atoms with E-state index in [1.807, 2.05) is 36.4 Å². The van der Waals surface area contributed by atoms with Crippen LogP contribution in [0.3, 0.4) is 0 Å². The van der Waals surface area contributed by atoms with E-state index in [0.29, 0.717) is 17.2 Å². The predicted molar refractivity (Wildman–Crippen MR) is 92.9 cm³/mol. The first-order valence-corrected chi connectivity index (χ1v) is 8.48. The van der Waals surface area contributed by atoms with Gasteiger partial charge in [-0.25, -0.2) is 4.52 Å². The summed E-state index contributed by atoms with van der Waals surface area (Å²) in [5.74, 6) is 1.13. The Morgan fingerprint density at radius 1 is 1.32 bits per heavy atom. The molecule has 4 rings (SSSR count). The zero-order valence-electron chi connectivity index (χ0n) is 14.4. The lowest BCUT2D eigenvalue weighted by atomic mass is 9.89. The molecule has 0 bridgehead atoms. The molecular formula is C18H21N5O2. The molecule has 0 aromatic carbocycles. The fraction of sp³-hybridized carbons (Fsp3) is 0.389. The second-order valence-electron chi connectivity index (χ2n) is 6.44. The van der Waals surface area contributed by atoms with Crippen molar-refractivity contribution in [1.29, 1.82) is 0 Å². The van der Waals surface area contributed by atoms with Crippen molar-refractivity contribution in [3.8, 4) is 5.75 Å². The van der Waals surface area contributed by atoms with Crippen LogP contribution in [0.2, 0.25) is 0 Å². The molecule has 1 fully saturated rings. The third-order valence-corrected chi connectivity index (χ3v) is 5.04. The minimum atomic E-state index is 0.0156. The van der Waals surface area contributed by atoms with Crippen LogP contribution in [-0.4, -0.2) is 50.8 Å². The number of carbonyl (C=O) groups excluding carboxylic acids is 1. The Labute approximate surface area is 145 Å². The zero-order valence-corrected chi connectivity index (χ0v) is 14.4. The quantitative estimate of drug-likeness (QED) is 0.795. The van der Waals surface area contributed by atoms with E-state index in [9.17, 15) is 4.79 Å².